The molecular weight excluding hydrogens is 253 g/mol. The number of carboxylic acids is 1. The molecule has 0 aliphatic rings. The van der Waals surface area contributed by atoms with E-state index < -0.39 is 28.4 Å². The topological polar surface area (TPSA) is 92.7 Å². The van der Waals surface area contributed by atoms with E-state index in [0.29, 0.717) is 5.56 Å². The Balaban J connectivity index is 2.82. The summed E-state index contributed by atoms with van der Waals surface area (Å²) in [6.45, 7) is 0.660. The summed E-state index contributed by atoms with van der Waals surface area (Å²) in [6.07, 6.45) is 0. The van der Waals surface area contributed by atoms with Gasteiger partial charge in [-0.25, -0.2) is 17.6 Å². The van der Waals surface area contributed by atoms with Crippen LogP contribution < -0.4 is 4.89 Å². The molecule has 0 amide bonds. The minimum absolute atomic E-state index is 0.301. The minimum Gasteiger partial charge on any atom is -0.479 e. The van der Waals surface area contributed by atoms with Crippen LogP contribution in [0.3, 0.4) is 0 Å². The van der Waals surface area contributed by atoms with Crippen molar-refractivity contribution in [1.82, 2.24) is 4.89 Å². The third-order valence-electron chi connectivity index (χ3n) is 1.82. The number of hydrogen-bond acceptors (Lipinski definition) is 4. The van der Waals surface area contributed by atoms with Gasteiger partial charge in [0.1, 0.15) is 5.82 Å². The van der Waals surface area contributed by atoms with E-state index in [4.69, 9.17) is 5.11 Å². The van der Waals surface area contributed by atoms with Gasteiger partial charge in [-0.05, 0) is 24.6 Å². The van der Waals surface area contributed by atoms with Gasteiger partial charge in [0, 0.05) is 0 Å². The Morgan fingerprint density at radius 3 is 2.71 bits per heavy atom. The summed E-state index contributed by atoms with van der Waals surface area (Å²) in [7, 11) is -4.07. The number of hydrogen-bond donors (Lipinski definition) is 2. The Kier molecular flexibility index (Phi) is 4.16. The fraction of sp³-hybridized carbons (Fsp3) is 0.222. The van der Waals surface area contributed by atoms with Crippen LogP contribution in [0.1, 0.15) is 5.56 Å². The fourth-order valence-corrected chi connectivity index (χ4v) is 1.77. The second-order valence-corrected chi connectivity index (χ2v) is 4.83. The zero-order chi connectivity index (χ0) is 13.1. The third-order valence-corrected chi connectivity index (χ3v) is 3.03. The van der Waals surface area contributed by atoms with Crippen molar-refractivity contribution in [2.75, 3.05) is 6.61 Å². The Hall–Kier alpha value is -1.51. The highest BCUT2D eigenvalue weighted by Gasteiger charge is 2.16. The fourth-order valence-electron chi connectivity index (χ4n) is 0.958. The van der Waals surface area contributed by atoms with Crippen LogP contribution in [0.2, 0.25) is 0 Å². The summed E-state index contributed by atoms with van der Waals surface area (Å²) in [4.78, 5) is 15.6. The molecule has 0 atom stereocenters. The van der Waals surface area contributed by atoms with Crippen molar-refractivity contribution in [3.05, 3.63) is 29.6 Å². The molecule has 0 fully saturated rings. The highest BCUT2D eigenvalue weighted by Crippen LogP contribution is 2.13. The summed E-state index contributed by atoms with van der Waals surface area (Å²) < 4.78 is 36.1. The average Bonchev–Trinajstić information content (AvgIpc) is 2.21. The predicted octanol–water partition coefficient (Wildman–Crippen LogP) is 0.429. The SMILES string of the molecule is Cc1ccc(S(=O)(=O)NOCC(=O)O)cc1F. The number of sulfonamides is 1. The molecule has 0 saturated heterocycles. The van der Waals surface area contributed by atoms with E-state index in [0.717, 1.165) is 6.07 Å². The van der Waals surface area contributed by atoms with E-state index in [2.05, 4.69) is 4.84 Å². The van der Waals surface area contributed by atoms with Gasteiger partial charge in [0.2, 0.25) is 0 Å². The van der Waals surface area contributed by atoms with Crippen LogP contribution in [-0.4, -0.2) is 26.1 Å². The lowest BCUT2D eigenvalue weighted by Crippen LogP contribution is -2.27. The molecule has 0 saturated carbocycles. The van der Waals surface area contributed by atoms with Crippen molar-refractivity contribution >= 4 is 16.0 Å². The van der Waals surface area contributed by atoms with Crippen LogP contribution in [0, 0.1) is 12.7 Å². The van der Waals surface area contributed by atoms with Gasteiger partial charge in [0.05, 0.1) is 4.90 Å². The molecule has 0 aromatic heterocycles. The van der Waals surface area contributed by atoms with Gasteiger partial charge in [0.15, 0.2) is 6.61 Å². The number of halogens is 1. The molecule has 0 unspecified atom stereocenters. The van der Waals surface area contributed by atoms with Gasteiger partial charge in [-0.15, -0.1) is 0 Å². The first-order chi connectivity index (χ1) is 7.83. The lowest BCUT2D eigenvalue weighted by Gasteiger charge is -2.06. The Bertz CT molecular complexity index is 528. The van der Waals surface area contributed by atoms with E-state index in [1.165, 1.54) is 19.1 Å². The van der Waals surface area contributed by atoms with Crippen LogP contribution in [0.25, 0.3) is 0 Å². The first kappa shape index (κ1) is 13.6. The third kappa shape index (κ3) is 3.77. The molecule has 1 aromatic carbocycles. The van der Waals surface area contributed by atoms with Crippen molar-refractivity contribution in [3.63, 3.8) is 0 Å². The zero-order valence-electron chi connectivity index (χ0n) is 8.81. The molecule has 0 heterocycles. The average molecular weight is 263 g/mol. The van der Waals surface area contributed by atoms with Crippen LogP contribution in [0.15, 0.2) is 23.1 Å². The molecule has 0 radical (unpaired) electrons. The number of aryl methyl sites for hydroxylation is 1. The molecule has 6 nitrogen and oxygen atoms in total. The molecule has 8 heteroatoms. The Morgan fingerprint density at radius 2 is 2.18 bits per heavy atom. The molecule has 0 bridgehead atoms. The molecule has 94 valence electrons. The molecule has 2 N–H and O–H groups in total. The monoisotopic (exact) mass is 263 g/mol. The molecule has 0 aliphatic heterocycles. The highest BCUT2D eigenvalue weighted by molar-refractivity contribution is 7.89. The zero-order valence-corrected chi connectivity index (χ0v) is 9.62. The van der Waals surface area contributed by atoms with Crippen LogP contribution in [0.4, 0.5) is 4.39 Å². The normalized spacial score (nSPS) is 11.4. The second kappa shape index (κ2) is 5.21. The molecule has 0 aliphatic carbocycles. The van der Waals surface area contributed by atoms with Gasteiger partial charge in [-0.2, -0.15) is 0 Å². The van der Waals surface area contributed by atoms with E-state index in [1.54, 1.807) is 4.89 Å². The van der Waals surface area contributed by atoms with Crippen molar-refractivity contribution < 1.29 is 27.5 Å². The largest absolute Gasteiger partial charge is 0.479 e. The second-order valence-electron chi connectivity index (χ2n) is 3.18. The predicted molar refractivity (Wildman–Crippen MR) is 55.0 cm³/mol. The van der Waals surface area contributed by atoms with Crippen LogP contribution in [0.5, 0.6) is 0 Å². The molecular formula is C9H10FNO5S. The summed E-state index contributed by atoms with van der Waals surface area (Å²) in [5, 5.41) is 8.24. The van der Waals surface area contributed by atoms with Gasteiger partial charge in [-0.3, -0.25) is 4.84 Å². The van der Waals surface area contributed by atoms with Gasteiger partial charge in [-0.1, -0.05) is 11.0 Å². The number of carboxylic acid groups (broad SMARTS) is 1. The summed E-state index contributed by atoms with van der Waals surface area (Å²) in [6, 6.07) is 3.30. The summed E-state index contributed by atoms with van der Waals surface area (Å²) in [5.74, 6) is -2.01. The quantitative estimate of drug-likeness (QED) is 0.751. The molecule has 0 spiro atoms. The summed E-state index contributed by atoms with van der Waals surface area (Å²) >= 11 is 0. The van der Waals surface area contributed by atoms with E-state index in [1.807, 2.05) is 0 Å². The van der Waals surface area contributed by atoms with E-state index >= 15 is 0 Å². The maximum atomic E-state index is 13.1. The first-order valence-electron chi connectivity index (χ1n) is 4.44. The molecule has 17 heavy (non-hydrogen) atoms. The maximum absolute atomic E-state index is 13.1. The lowest BCUT2D eigenvalue weighted by molar-refractivity contribution is -0.143. The Labute approximate surface area is 97.0 Å². The lowest BCUT2D eigenvalue weighted by atomic mass is 10.2. The number of aliphatic carboxylic acids is 1. The number of rotatable bonds is 5. The Morgan fingerprint density at radius 1 is 1.53 bits per heavy atom. The number of nitrogens with one attached hydrogen (secondary N) is 1. The highest BCUT2D eigenvalue weighted by atomic mass is 32.2. The van der Waals surface area contributed by atoms with Gasteiger partial charge >= 0.3 is 5.97 Å². The smallest absolute Gasteiger partial charge is 0.331 e. The van der Waals surface area contributed by atoms with Crippen LogP contribution >= 0.6 is 0 Å². The van der Waals surface area contributed by atoms with Crippen molar-refractivity contribution in [2.24, 2.45) is 0 Å². The van der Waals surface area contributed by atoms with Crippen molar-refractivity contribution in [1.29, 1.82) is 0 Å². The maximum Gasteiger partial charge on any atom is 0.331 e. The first-order valence-corrected chi connectivity index (χ1v) is 5.93. The van der Waals surface area contributed by atoms with Crippen molar-refractivity contribution in [2.45, 2.75) is 11.8 Å². The molecule has 1 rings (SSSR count). The van der Waals surface area contributed by atoms with Crippen LogP contribution in [-0.2, 0) is 19.7 Å². The summed E-state index contributed by atoms with van der Waals surface area (Å²) in [5.41, 5.74) is 0.301. The standard InChI is InChI=1S/C9H10FNO5S/c1-6-2-3-7(4-8(6)10)17(14,15)11-16-5-9(12)13/h2-4,11H,5H2,1H3,(H,12,13). The van der Waals surface area contributed by atoms with E-state index in [9.17, 15) is 17.6 Å². The van der Waals surface area contributed by atoms with Gasteiger partial charge < -0.3 is 5.11 Å². The van der Waals surface area contributed by atoms with Crippen molar-refractivity contribution in [3.8, 4) is 0 Å². The molecule has 1 aromatic rings. The van der Waals surface area contributed by atoms with E-state index in [-0.39, 0.29) is 4.90 Å². The number of carbonyl (C=O) groups is 1. The number of benzene rings is 1. The van der Waals surface area contributed by atoms with Gasteiger partial charge in [0.25, 0.3) is 10.0 Å². The minimum atomic E-state index is -4.07.